The molecule has 0 aromatic heterocycles. The van der Waals surface area contributed by atoms with E-state index in [4.69, 9.17) is 4.74 Å². The van der Waals surface area contributed by atoms with Crippen LogP contribution in [-0.4, -0.2) is 60.9 Å². The average molecular weight is 440 g/mol. The zero-order valence-corrected chi connectivity index (χ0v) is 18.5. The Balaban J connectivity index is 1.35. The maximum absolute atomic E-state index is 13.5. The standard InChI is InChI=1S/C25H30FN3O3/c1-2-32-23-9-4-3-8-22(23)27-12-14-28(15-13-27)25(31)20-10-11-24(30)29(18-20)17-19-6-5-7-21(26)16-19/h3-9,16,20H,2,10-15,17-18H2,1H3/t20-/m1/s1. The van der Waals surface area contributed by atoms with E-state index >= 15 is 0 Å². The van der Waals surface area contributed by atoms with Gasteiger partial charge in [0, 0.05) is 45.7 Å². The number of hydrogen-bond acceptors (Lipinski definition) is 4. The maximum atomic E-state index is 13.5. The molecular weight excluding hydrogens is 409 g/mol. The summed E-state index contributed by atoms with van der Waals surface area (Å²) in [6.45, 7) is 6.09. The van der Waals surface area contributed by atoms with Crippen LogP contribution in [0.4, 0.5) is 10.1 Å². The van der Waals surface area contributed by atoms with Crippen molar-refractivity contribution in [1.82, 2.24) is 9.80 Å². The molecule has 7 heteroatoms. The van der Waals surface area contributed by atoms with Crippen LogP contribution in [0.25, 0.3) is 0 Å². The molecule has 2 heterocycles. The van der Waals surface area contributed by atoms with Crippen LogP contribution in [0.15, 0.2) is 48.5 Å². The number of ether oxygens (including phenoxy) is 1. The fourth-order valence-corrected chi connectivity index (χ4v) is 4.55. The van der Waals surface area contributed by atoms with E-state index in [9.17, 15) is 14.0 Å². The van der Waals surface area contributed by atoms with Crippen LogP contribution >= 0.6 is 0 Å². The molecule has 0 radical (unpaired) electrons. The summed E-state index contributed by atoms with van der Waals surface area (Å²) < 4.78 is 19.3. The van der Waals surface area contributed by atoms with Gasteiger partial charge in [0.15, 0.2) is 0 Å². The Bertz CT molecular complexity index is 959. The second kappa shape index (κ2) is 10.0. The summed E-state index contributed by atoms with van der Waals surface area (Å²) in [5.41, 5.74) is 1.80. The van der Waals surface area contributed by atoms with Crippen molar-refractivity contribution >= 4 is 17.5 Å². The number of likely N-dealkylation sites (tertiary alicyclic amines) is 1. The van der Waals surface area contributed by atoms with Gasteiger partial charge >= 0.3 is 0 Å². The normalized spacial score (nSPS) is 19.2. The third-order valence-electron chi connectivity index (χ3n) is 6.21. The smallest absolute Gasteiger partial charge is 0.227 e. The number of hydrogen-bond donors (Lipinski definition) is 0. The van der Waals surface area contributed by atoms with Crippen molar-refractivity contribution in [2.75, 3.05) is 44.2 Å². The second-order valence-electron chi connectivity index (χ2n) is 8.35. The average Bonchev–Trinajstić information content (AvgIpc) is 2.81. The summed E-state index contributed by atoms with van der Waals surface area (Å²) in [5, 5.41) is 0. The highest BCUT2D eigenvalue weighted by atomic mass is 19.1. The number of piperazine rings is 1. The number of carbonyl (C=O) groups excluding carboxylic acids is 2. The van der Waals surface area contributed by atoms with Crippen LogP contribution in [0.2, 0.25) is 0 Å². The number of benzene rings is 2. The lowest BCUT2D eigenvalue weighted by Crippen LogP contribution is -2.53. The van der Waals surface area contributed by atoms with Crippen molar-refractivity contribution in [1.29, 1.82) is 0 Å². The molecule has 170 valence electrons. The van der Waals surface area contributed by atoms with Crippen LogP contribution in [0.3, 0.4) is 0 Å². The van der Waals surface area contributed by atoms with Gasteiger partial charge in [-0.2, -0.15) is 0 Å². The van der Waals surface area contributed by atoms with Gasteiger partial charge in [-0.15, -0.1) is 0 Å². The van der Waals surface area contributed by atoms with Crippen LogP contribution in [0, 0.1) is 11.7 Å². The van der Waals surface area contributed by atoms with Crippen molar-refractivity contribution in [3.05, 3.63) is 59.9 Å². The molecular formula is C25H30FN3O3. The van der Waals surface area contributed by atoms with E-state index in [-0.39, 0.29) is 23.5 Å². The molecule has 2 aliphatic rings. The Hall–Kier alpha value is -3.09. The predicted octanol–water partition coefficient (Wildman–Crippen LogP) is 3.31. The number of rotatable bonds is 6. The van der Waals surface area contributed by atoms with Crippen molar-refractivity contribution in [3.63, 3.8) is 0 Å². The van der Waals surface area contributed by atoms with Crippen LogP contribution in [-0.2, 0) is 16.1 Å². The molecule has 32 heavy (non-hydrogen) atoms. The lowest BCUT2D eigenvalue weighted by Gasteiger charge is -2.40. The molecule has 2 amide bonds. The largest absolute Gasteiger partial charge is 0.492 e. The van der Waals surface area contributed by atoms with Crippen molar-refractivity contribution < 1.29 is 18.7 Å². The first-order valence-corrected chi connectivity index (χ1v) is 11.3. The van der Waals surface area contributed by atoms with Crippen LogP contribution in [0.1, 0.15) is 25.3 Å². The third-order valence-corrected chi connectivity index (χ3v) is 6.21. The van der Waals surface area contributed by atoms with Gasteiger partial charge in [-0.05, 0) is 43.2 Å². The molecule has 1 atom stereocenters. The Morgan fingerprint density at radius 2 is 1.88 bits per heavy atom. The first-order valence-electron chi connectivity index (χ1n) is 11.3. The van der Waals surface area contributed by atoms with Crippen molar-refractivity contribution in [2.24, 2.45) is 5.92 Å². The molecule has 4 rings (SSSR count). The zero-order valence-electron chi connectivity index (χ0n) is 18.5. The van der Waals surface area contributed by atoms with Gasteiger partial charge in [0.05, 0.1) is 18.2 Å². The molecule has 0 saturated carbocycles. The Labute approximate surface area is 188 Å². The number of piperidine rings is 1. The van der Waals surface area contributed by atoms with Gasteiger partial charge in [-0.3, -0.25) is 9.59 Å². The molecule has 6 nitrogen and oxygen atoms in total. The second-order valence-corrected chi connectivity index (χ2v) is 8.35. The van der Waals surface area contributed by atoms with E-state index in [1.807, 2.05) is 30.0 Å². The lowest BCUT2D eigenvalue weighted by molar-refractivity contribution is -0.143. The molecule has 0 unspecified atom stereocenters. The fraction of sp³-hybridized carbons (Fsp3) is 0.440. The summed E-state index contributed by atoms with van der Waals surface area (Å²) in [6, 6.07) is 14.3. The molecule has 2 saturated heterocycles. The van der Waals surface area contributed by atoms with Gasteiger partial charge in [0.1, 0.15) is 11.6 Å². The number of anilines is 1. The van der Waals surface area contributed by atoms with E-state index in [1.165, 1.54) is 12.1 Å². The highest BCUT2D eigenvalue weighted by molar-refractivity contribution is 5.84. The fourth-order valence-electron chi connectivity index (χ4n) is 4.55. The summed E-state index contributed by atoms with van der Waals surface area (Å²) in [7, 11) is 0. The molecule has 0 bridgehead atoms. The van der Waals surface area contributed by atoms with Crippen molar-refractivity contribution in [2.45, 2.75) is 26.3 Å². The van der Waals surface area contributed by atoms with Gasteiger partial charge in [-0.25, -0.2) is 4.39 Å². The number of nitrogens with zero attached hydrogens (tertiary/aromatic N) is 3. The predicted molar refractivity (Wildman–Crippen MR) is 121 cm³/mol. The number of para-hydroxylation sites is 2. The quantitative estimate of drug-likeness (QED) is 0.693. The topological polar surface area (TPSA) is 53.1 Å². The van der Waals surface area contributed by atoms with E-state index in [2.05, 4.69) is 11.0 Å². The molecule has 0 N–H and O–H groups in total. The minimum Gasteiger partial charge on any atom is -0.492 e. The van der Waals surface area contributed by atoms with E-state index in [0.717, 1.165) is 30.1 Å². The molecule has 0 aliphatic carbocycles. The summed E-state index contributed by atoms with van der Waals surface area (Å²) in [4.78, 5) is 31.5. The molecule has 0 spiro atoms. The van der Waals surface area contributed by atoms with Gasteiger partial charge < -0.3 is 19.4 Å². The first kappa shape index (κ1) is 22.1. The Kier molecular flexibility index (Phi) is 6.93. The number of carbonyl (C=O) groups is 2. The first-order chi connectivity index (χ1) is 15.5. The summed E-state index contributed by atoms with van der Waals surface area (Å²) in [5.74, 6) is 0.482. The van der Waals surface area contributed by atoms with E-state index < -0.39 is 0 Å². The van der Waals surface area contributed by atoms with Crippen LogP contribution < -0.4 is 9.64 Å². The molecule has 2 aliphatic heterocycles. The summed E-state index contributed by atoms with van der Waals surface area (Å²) in [6.07, 6.45) is 0.929. The highest BCUT2D eigenvalue weighted by Crippen LogP contribution is 2.29. The minimum absolute atomic E-state index is 0.0238. The minimum atomic E-state index is -0.316. The van der Waals surface area contributed by atoms with Gasteiger partial charge in [0.2, 0.25) is 11.8 Å². The van der Waals surface area contributed by atoms with Gasteiger partial charge in [-0.1, -0.05) is 24.3 Å². The highest BCUT2D eigenvalue weighted by Gasteiger charge is 2.34. The Morgan fingerprint density at radius 3 is 2.62 bits per heavy atom. The monoisotopic (exact) mass is 439 g/mol. The lowest BCUT2D eigenvalue weighted by atomic mass is 9.95. The Morgan fingerprint density at radius 1 is 1.09 bits per heavy atom. The van der Waals surface area contributed by atoms with Crippen LogP contribution in [0.5, 0.6) is 5.75 Å². The van der Waals surface area contributed by atoms with E-state index in [0.29, 0.717) is 45.6 Å². The van der Waals surface area contributed by atoms with Gasteiger partial charge in [0.25, 0.3) is 0 Å². The SMILES string of the molecule is CCOc1ccccc1N1CCN(C(=O)[C@@H]2CCC(=O)N(Cc3cccc(F)c3)C2)CC1. The number of amides is 2. The summed E-state index contributed by atoms with van der Waals surface area (Å²) >= 11 is 0. The maximum Gasteiger partial charge on any atom is 0.227 e. The van der Waals surface area contributed by atoms with Crippen molar-refractivity contribution in [3.8, 4) is 5.75 Å². The third kappa shape index (κ3) is 5.03. The molecule has 2 aromatic rings. The zero-order chi connectivity index (χ0) is 22.5. The number of halogens is 1. The molecule has 2 fully saturated rings. The molecule has 2 aromatic carbocycles. The van der Waals surface area contributed by atoms with E-state index in [1.54, 1.807) is 17.0 Å².